The maximum Gasteiger partial charge on any atom is 0.149 e. The van der Waals surface area contributed by atoms with Crippen molar-refractivity contribution >= 4 is 0 Å². The Morgan fingerprint density at radius 2 is 2.67 bits per heavy atom. The van der Waals surface area contributed by atoms with E-state index in [0.29, 0.717) is 0 Å². The van der Waals surface area contributed by atoms with Crippen molar-refractivity contribution in [2.45, 2.75) is 19.0 Å². The first-order valence-electron chi connectivity index (χ1n) is 3.01. The number of aromatic nitrogens is 3. The largest absolute Gasteiger partial charge is 0.321 e. The fourth-order valence-electron chi connectivity index (χ4n) is 1.13. The van der Waals surface area contributed by atoms with Crippen molar-refractivity contribution < 1.29 is 0 Å². The molecule has 2 N–H and O–H groups in total. The second-order valence-electron chi connectivity index (χ2n) is 2.28. The lowest BCUT2D eigenvalue weighted by molar-refractivity contribution is 0.667. The maximum absolute atomic E-state index is 5.67. The highest BCUT2D eigenvalue weighted by Gasteiger charge is 2.19. The van der Waals surface area contributed by atoms with Crippen LogP contribution in [0, 0.1) is 0 Å². The van der Waals surface area contributed by atoms with E-state index in [9.17, 15) is 0 Å². The summed E-state index contributed by atoms with van der Waals surface area (Å²) in [5, 5.41) is 7.59. The van der Waals surface area contributed by atoms with Crippen LogP contribution in [0.2, 0.25) is 0 Å². The van der Waals surface area contributed by atoms with Crippen LogP contribution in [0.5, 0.6) is 0 Å². The van der Waals surface area contributed by atoms with Gasteiger partial charge < -0.3 is 10.3 Å². The van der Waals surface area contributed by atoms with E-state index in [-0.39, 0.29) is 6.04 Å². The number of nitrogens with two attached hydrogens (primary N) is 1. The van der Waals surface area contributed by atoms with E-state index >= 15 is 0 Å². The Kier molecular flexibility index (Phi) is 0.843. The molecule has 9 heavy (non-hydrogen) atoms. The Balaban J connectivity index is 2.49. The highest BCUT2D eigenvalue weighted by molar-refractivity contribution is 4.98. The van der Waals surface area contributed by atoms with Gasteiger partial charge in [-0.2, -0.15) is 0 Å². The highest BCUT2D eigenvalue weighted by Crippen LogP contribution is 2.18. The van der Waals surface area contributed by atoms with Gasteiger partial charge >= 0.3 is 0 Å². The van der Waals surface area contributed by atoms with E-state index in [2.05, 4.69) is 10.2 Å². The van der Waals surface area contributed by atoms with Gasteiger partial charge in [-0.25, -0.2) is 0 Å². The van der Waals surface area contributed by atoms with Crippen molar-refractivity contribution in [1.29, 1.82) is 0 Å². The van der Waals surface area contributed by atoms with Crippen LogP contribution < -0.4 is 5.73 Å². The molecule has 48 valence electrons. The Labute approximate surface area is 52.7 Å². The average molecular weight is 124 g/mol. The van der Waals surface area contributed by atoms with Crippen LogP contribution in [-0.2, 0) is 6.54 Å². The zero-order valence-electron chi connectivity index (χ0n) is 4.99. The van der Waals surface area contributed by atoms with Crippen molar-refractivity contribution in [2.75, 3.05) is 0 Å². The van der Waals surface area contributed by atoms with Crippen molar-refractivity contribution in [1.82, 2.24) is 14.8 Å². The number of hydrogen-bond acceptors (Lipinski definition) is 3. The van der Waals surface area contributed by atoms with Crippen molar-refractivity contribution in [3.63, 3.8) is 0 Å². The number of rotatable bonds is 0. The monoisotopic (exact) mass is 124 g/mol. The van der Waals surface area contributed by atoms with E-state index in [4.69, 9.17) is 5.73 Å². The fourth-order valence-corrected chi connectivity index (χ4v) is 1.13. The summed E-state index contributed by atoms with van der Waals surface area (Å²) in [6.45, 7) is 0.976. The van der Waals surface area contributed by atoms with Gasteiger partial charge in [-0.05, 0) is 6.42 Å². The molecule has 0 aromatic carbocycles. The number of fused-ring (bicyclic) bond motifs is 1. The lowest BCUT2D eigenvalue weighted by atomic mass is 10.3. The summed E-state index contributed by atoms with van der Waals surface area (Å²) in [7, 11) is 0. The van der Waals surface area contributed by atoms with Crippen LogP contribution in [0.3, 0.4) is 0 Å². The van der Waals surface area contributed by atoms with E-state index in [1.54, 1.807) is 6.33 Å². The molecule has 0 aliphatic carbocycles. The molecular weight excluding hydrogens is 116 g/mol. The molecule has 4 nitrogen and oxygen atoms in total. The highest BCUT2D eigenvalue weighted by atomic mass is 15.3. The van der Waals surface area contributed by atoms with Crippen LogP contribution in [0.1, 0.15) is 18.3 Å². The normalized spacial score (nSPS) is 24.3. The van der Waals surface area contributed by atoms with Gasteiger partial charge in [0.25, 0.3) is 0 Å². The minimum absolute atomic E-state index is 0.118. The third-order valence-corrected chi connectivity index (χ3v) is 1.66. The first kappa shape index (κ1) is 4.93. The molecule has 0 saturated carbocycles. The van der Waals surface area contributed by atoms with E-state index in [1.807, 2.05) is 4.57 Å². The molecule has 0 unspecified atom stereocenters. The summed E-state index contributed by atoms with van der Waals surface area (Å²) in [5.74, 6) is 0.926. The summed E-state index contributed by atoms with van der Waals surface area (Å²) in [5.41, 5.74) is 5.67. The Bertz CT molecular complexity index is 216. The summed E-state index contributed by atoms with van der Waals surface area (Å²) in [6, 6.07) is 0.118. The lowest BCUT2D eigenvalue weighted by Gasteiger charge is -1.93. The van der Waals surface area contributed by atoms with Crippen LogP contribution in [0.4, 0.5) is 0 Å². The van der Waals surface area contributed by atoms with Crippen LogP contribution in [0.15, 0.2) is 6.33 Å². The fraction of sp³-hybridized carbons (Fsp3) is 0.600. The van der Waals surface area contributed by atoms with E-state index in [0.717, 1.165) is 18.8 Å². The molecule has 1 atom stereocenters. The Hall–Kier alpha value is -0.900. The molecule has 1 aromatic heterocycles. The number of hydrogen-bond donors (Lipinski definition) is 1. The van der Waals surface area contributed by atoms with E-state index < -0.39 is 0 Å². The van der Waals surface area contributed by atoms with Crippen LogP contribution in [-0.4, -0.2) is 14.8 Å². The lowest BCUT2D eigenvalue weighted by Crippen LogP contribution is -2.06. The molecule has 1 aliphatic rings. The van der Waals surface area contributed by atoms with Gasteiger partial charge in [0.2, 0.25) is 0 Å². The molecule has 0 fully saturated rings. The molecule has 0 amide bonds. The molecular formula is C5H8N4. The van der Waals surface area contributed by atoms with E-state index in [1.165, 1.54) is 0 Å². The zero-order valence-corrected chi connectivity index (χ0v) is 4.99. The average Bonchev–Trinajstić information content (AvgIpc) is 2.35. The minimum atomic E-state index is 0.118. The second-order valence-corrected chi connectivity index (χ2v) is 2.28. The van der Waals surface area contributed by atoms with Crippen molar-refractivity contribution in [3.05, 3.63) is 12.2 Å². The zero-order chi connectivity index (χ0) is 6.27. The minimum Gasteiger partial charge on any atom is -0.321 e. The second kappa shape index (κ2) is 1.54. The third kappa shape index (κ3) is 0.564. The maximum atomic E-state index is 5.67. The molecule has 0 bridgehead atoms. The van der Waals surface area contributed by atoms with Crippen molar-refractivity contribution in [2.24, 2.45) is 5.73 Å². The standard InChI is InChI=1S/C5H8N4/c6-4-1-2-9-3-7-8-5(4)9/h3-4H,1-2,6H2/t4-/m1/s1. The number of aryl methyl sites for hydroxylation is 1. The number of nitrogens with zero attached hydrogens (tertiary/aromatic N) is 3. The molecule has 0 spiro atoms. The quantitative estimate of drug-likeness (QED) is 0.515. The first-order valence-corrected chi connectivity index (χ1v) is 3.01. The van der Waals surface area contributed by atoms with Gasteiger partial charge in [-0.1, -0.05) is 0 Å². The molecule has 2 heterocycles. The summed E-state index contributed by atoms with van der Waals surface area (Å²) in [6.07, 6.45) is 2.73. The predicted molar refractivity (Wildman–Crippen MR) is 31.6 cm³/mol. The summed E-state index contributed by atoms with van der Waals surface area (Å²) < 4.78 is 1.99. The molecule has 0 radical (unpaired) electrons. The first-order chi connectivity index (χ1) is 4.38. The Morgan fingerprint density at radius 1 is 1.78 bits per heavy atom. The molecule has 4 heteroatoms. The van der Waals surface area contributed by atoms with Crippen LogP contribution in [0.25, 0.3) is 0 Å². The van der Waals surface area contributed by atoms with Gasteiger partial charge in [0.15, 0.2) is 0 Å². The predicted octanol–water partition coefficient (Wildman–Crippen LogP) is -0.318. The summed E-state index contributed by atoms with van der Waals surface area (Å²) >= 11 is 0. The molecule has 1 aromatic rings. The Morgan fingerprint density at radius 3 is 3.44 bits per heavy atom. The van der Waals surface area contributed by atoms with Gasteiger partial charge in [0.1, 0.15) is 12.2 Å². The van der Waals surface area contributed by atoms with Gasteiger partial charge in [0, 0.05) is 6.54 Å². The summed E-state index contributed by atoms with van der Waals surface area (Å²) in [4.78, 5) is 0. The third-order valence-electron chi connectivity index (χ3n) is 1.66. The van der Waals surface area contributed by atoms with Gasteiger partial charge in [0.05, 0.1) is 6.04 Å². The molecule has 1 aliphatic heterocycles. The molecule has 2 rings (SSSR count). The topological polar surface area (TPSA) is 56.7 Å². The molecule has 0 saturated heterocycles. The van der Waals surface area contributed by atoms with Crippen molar-refractivity contribution in [3.8, 4) is 0 Å². The smallest absolute Gasteiger partial charge is 0.149 e. The van der Waals surface area contributed by atoms with Gasteiger partial charge in [-0.3, -0.25) is 0 Å². The SMILES string of the molecule is N[C@@H]1CCn2cnnc21. The van der Waals surface area contributed by atoms with Crippen LogP contribution >= 0.6 is 0 Å². The van der Waals surface area contributed by atoms with Gasteiger partial charge in [-0.15, -0.1) is 10.2 Å².